The van der Waals surface area contributed by atoms with Crippen LogP contribution >= 0.6 is 27.3 Å². The molecule has 0 atom stereocenters. The molecular formula is C15H9BrFN3O4S. The Morgan fingerprint density at radius 2 is 2.16 bits per heavy atom. The molecule has 128 valence electrons. The maximum Gasteiger partial charge on any atom is 0.274 e. The summed E-state index contributed by atoms with van der Waals surface area (Å²) in [6.45, 7) is 0. The molecule has 0 spiro atoms. The minimum atomic E-state index is -0.679. The monoisotopic (exact) mass is 425 g/mol. The molecule has 0 radical (unpaired) electrons. The topological polar surface area (TPSA) is 94.4 Å². The minimum Gasteiger partial charge on any atom is -0.494 e. The van der Waals surface area contributed by atoms with Gasteiger partial charge in [0.1, 0.15) is 11.3 Å². The number of nitro groups is 1. The predicted octanol–water partition coefficient (Wildman–Crippen LogP) is 4.37. The van der Waals surface area contributed by atoms with Gasteiger partial charge in [0, 0.05) is 10.5 Å². The van der Waals surface area contributed by atoms with E-state index >= 15 is 0 Å². The number of nitrogens with zero attached hydrogens (tertiary/aromatic N) is 2. The fourth-order valence-corrected chi connectivity index (χ4v) is 3.38. The molecule has 0 aliphatic heterocycles. The first-order valence-electron chi connectivity index (χ1n) is 6.78. The van der Waals surface area contributed by atoms with E-state index in [-0.39, 0.29) is 22.1 Å². The Labute approximate surface area is 152 Å². The lowest BCUT2D eigenvalue weighted by molar-refractivity contribution is -0.384. The van der Waals surface area contributed by atoms with E-state index in [1.54, 1.807) is 6.07 Å². The number of rotatable bonds is 4. The van der Waals surface area contributed by atoms with Crippen molar-refractivity contribution in [2.45, 2.75) is 0 Å². The van der Waals surface area contributed by atoms with E-state index < -0.39 is 16.6 Å². The standard InChI is InChI=1S/C15H9BrFN3O4S/c1-24-11-5-8(20(22)23)6-12-13(11)18-15(25-12)19-14(21)9-3-2-7(16)4-10(9)17/h2-6H,1H3,(H,18,19,21). The molecule has 0 aliphatic carbocycles. The SMILES string of the molecule is COc1cc([N+](=O)[O-])cc2sc(NC(=O)c3ccc(Br)cc3F)nc12. The van der Waals surface area contributed by atoms with Crippen LogP contribution in [0.4, 0.5) is 15.2 Å². The number of hydrogen-bond acceptors (Lipinski definition) is 6. The van der Waals surface area contributed by atoms with Gasteiger partial charge in [0.15, 0.2) is 10.9 Å². The average Bonchev–Trinajstić information content (AvgIpc) is 2.95. The molecule has 3 aromatic rings. The lowest BCUT2D eigenvalue weighted by Crippen LogP contribution is -2.13. The van der Waals surface area contributed by atoms with Crippen LogP contribution in [-0.4, -0.2) is 22.9 Å². The number of non-ortho nitro benzene ring substituents is 1. The Balaban J connectivity index is 1.96. The number of benzene rings is 2. The molecule has 2 aromatic carbocycles. The van der Waals surface area contributed by atoms with Crippen LogP contribution in [0.5, 0.6) is 5.75 Å². The van der Waals surface area contributed by atoms with Crippen molar-refractivity contribution in [3.8, 4) is 5.75 Å². The summed E-state index contributed by atoms with van der Waals surface area (Å²) in [6, 6.07) is 6.66. The van der Waals surface area contributed by atoms with E-state index in [1.165, 1.54) is 31.4 Å². The molecule has 7 nitrogen and oxygen atoms in total. The number of halogens is 2. The molecule has 10 heteroatoms. The number of nitrogens with one attached hydrogen (secondary N) is 1. The summed E-state index contributed by atoms with van der Waals surface area (Å²) in [5.74, 6) is -1.13. The molecule has 0 saturated heterocycles. The third-order valence-electron chi connectivity index (χ3n) is 3.27. The lowest BCUT2D eigenvalue weighted by atomic mass is 10.2. The normalized spacial score (nSPS) is 10.7. The zero-order valence-corrected chi connectivity index (χ0v) is 15.0. The first-order valence-corrected chi connectivity index (χ1v) is 8.39. The molecule has 1 aromatic heterocycles. The van der Waals surface area contributed by atoms with Crippen molar-refractivity contribution in [3.63, 3.8) is 0 Å². The summed E-state index contributed by atoms with van der Waals surface area (Å²) in [6.07, 6.45) is 0. The van der Waals surface area contributed by atoms with E-state index in [0.717, 1.165) is 11.3 Å². The van der Waals surface area contributed by atoms with Crippen molar-refractivity contribution in [3.05, 3.63) is 56.3 Å². The Morgan fingerprint density at radius 1 is 1.40 bits per heavy atom. The van der Waals surface area contributed by atoms with Crippen LogP contribution in [-0.2, 0) is 0 Å². The second kappa shape index (κ2) is 6.73. The van der Waals surface area contributed by atoms with Crippen LogP contribution in [0.15, 0.2) is 34.8 Å². The number of ether oxygens (including phenoxy) is 1. The predicted molar refractivity (Wildman–Crippen MR) is 94.9 cm³/mol. The fourth-order valence-electron chi connectivity index (χ4n) is 2.14. The second-order valence-corrected chi connectivity index (χ2v) is 6.80. The minimum absolute atomic E-state index is 0.139. The second-order valence-electron chi connectivity index (χ2n) is 4.85. The number of fused-ring (bicyclic) bond motifs is 1. The van der Waals surface area contributed by atoms with Crippen LogP contribution < -0.4 is 10.1 Å². The molecule has 0 bridgehead atoms. The van der Waals surface area contributed by atoms with Gasteiger partial charge in [0.2, 0.25) is 0 Å². The molecule has 0 unspecified atom stereocenters. The molecule has 0 aliphatic rings. The van der Waals surface area contributed by atoms with Gasteiger partial charge in [-0.2, -0.15) is 0 Å². The average molecular weight is 426 g/mol. The number of anilines is 1. The van der Waals surface area contributed by atoms with Crippen LogP contribution in [0, 0.1) is 15.9 Å². The maximum atomic E-state index is 13.9. The van der Waals surface area contributed by atoms with E-state index in [9.17, 15) is 19.3 Å². The Morgan fingerprint density at radius 3 is 2.80 bits per heavy atom. The van der Waals surface area contributed by atoms with Crippen molar-refractivity contribution >= 4 is 54.2 Å². The van der Waals surface area contributed by atoms with E-state index in [2.05, 4.69) is 26.2 Å². The highest BCUT2D eigenvalue weighted by Gasteiger charge is 2.18. The number of carbonyl (C=O) groups excluding carboxylic acids is 1. The highest BCUT2D eigenvalue weighted by Crippen LogP contribution is 2.36. The molecule has 1 heterocycles. The summed E-state index contributed by atoms with van der Waals surface area (Å²) < 4.78 is 20.0. The Kier molecular flexibility index (Phi) is 4.64. The van der Waals surface area contributed by atoms with Gasteiger partial charge in [-0.1, -0.05) is 27.3 Å². The first-order chi connectivity index (χ1) is 11.9. The van der Waals surface area contributed by atoms with Crippen LogP contribution in [0.25, 0.3) is 10.2 Å². The molecule has 0 fully saturated rings. The number of methoxy groups -OCH3 is 1. The van der Waals surface area contributed by atoms with Crippen molar-refractivity contribution < 1.29 is 18.8 Å². The van der Waals surface area contributed by atoms with Gasteiger partial charge >= 0.3 is 0 Å². The lowest BCUT2D eigenvalue weighted by Gasteiger charge is -2.03. The highest BCUT2D eigenvalue weighted by atomic mass is 79.9. The Hall–Kier alpha value is -2.59. The number of aromatic nitrogens is 1. The number of amides is 1. The third-order valence-corrected chi connectivity index (χ3v) is 4.68. The molecule has 0 saturated carbocycles. The number of carbonyl (C=O) groups is 1. The highest BCUT2D eigenvalue weighted by molar-refractivity contribution is 9.10. The molecule has 1 amide bonds. The maximum absolute atomic E-state index is 13.9. The summed E-state index contributed by atoms with van der Waals surface area (Å²) in [4.78, 5) is 26.8. The smallest absolute Gasteiger partial charge is 0.274 e. The molecule has 3 rings (SSSR count). The van der Waals surface area contributed by atoms with Gasteiger partial charge in [-0.15, -0.1) is 0 Å². The van der Waals surface area contributed by atoms with Crippen molar-refractivity contribution in [2.24, 2.45) is 0 Å². The number of nitro benzene ring substituents is 1. The van der Waals surface area contributed by atoms with Gasteiger partial charge in [-0.25, -0.2) is 9.37 Å². The van der Waals surface area contributed by atoms with E-state index in [4.69, 9.17) is 4.74 Å². The molecular weight excluding hydrogens is 417 g/mol. The van der Waals surface area contributed by atoms with Gasteiger partial charge in [-0.05, 0) is 18.2 Å². The van der Waals surface area contributed by atoms with Crippen molar-refractivity contribution in [2.75, 3.05) is 12.4 Å². The summed E-state index contributed by atoms with van der Waals surface area (Å²) in [5.41, 5.74) is 0.0925. The van der Waals surface area contributed by atoms with Crippen molar-refractivity contribution in [1.29, 1.82) is 0 Å². The van der Waals surface area contributed by atoms with Crippen LogP contribution in [0.3, 0.4) is 0 Å². The summed E-state index contributed by atoms with van der Waals surface area (Å²) in [7, 11) is 1.37. The first kappa shape index (κ1) is 17.2. The quantitative estimate of drug-likeness (QED) is 0.494. The number of thiazole rings is 1. The molecule has 1 N–H and O–H groups in total. The van der Waals surface area contributed by atoms with Crippen molar-refractivity contribution in [1.82, 2.24) is 4.98 Å². The van der Waals surface area contributed by atoms with Gasteiger partial charge < -0.3 is 4.74 Å². The largest absolute Gasteiger partial charge is 0.494 e. The summed E-state index contributed by atoms with van der Waals surface area (Å²) in [5, 5.41) is 13.6. The van der Waals surface area contributed by atoms with Crippen LogP contribution in [0.2, 0.25) is 0 Å². The zero-order chi connectivity index (χ0) is 18.1. The molecule has 25 heavy (non-hydrogen) atoms. The van der Waals surface area contributed by atoms with E-state index in [1.807, 2.05) is 0 Å². The van der Waals surface area contributed by atoms with E-state index in [0.29, 0.717) is 14.7 Å². The fraction of sp³-hybridized carbons (Fsp3) is 0.0667. The Bertz CT molecular complexity index is 1010. The summed E-state index contributed by atoms with van der Waals surface area (Å²) >= 11 is 4.15. The van der Waals surface area contributed by atoms with Gasteiger partial charge in [0.25, 0.3) is 11.6 Å². The zero-order valence-electron chi connectivity index (χ0n) is 12.6. The van der Waals surface area contributed by atoms with Gasteiger partial charge in [0.05, 0.1) is 28.4 Å². The third kappa shape index (κ3) is 3.44. The number of hydrogen-bond donors (Lipinski definition) is 1. The van der Waals surface area contributed by atoms with Gasteiger partial charge in [-0.3, -0.25) is 20.2 Å². The van der Waals surface area contributed by atoms with Crippen LogP contribution in [0.1, 0.15) is 10.4 Å².